The number of amides is 2. The van der Waals surface area contributed by atoms with E-state index in [2.05, 4.69) is 17.5 Å². The molecule has 136 valence electrons. The van der Waals surface area contributed by atoms with E-state index in [1.54, 1.807) is 0 Å². The highest BCUT2D eigenvalue weighted by Gasteiger charge is 2.21. The number of hydrogen-bond acceptors (Lipinski definition) is 4. The Hall–Kier alpha value is -2.47. The van der Waals surface area contributed by atoms with Crippen molar-refractivity contribution in [3.8, 4) is 0 Å². The third kappa shape index (κ3) is 3.85. The molecule has 0 radical (unpaired) electrons. The van der Waals surface area contributed by atoms with Crippen LogP contribution in [-0.4, -0.2) is 24.1 Å². The Bertz CT molecular complexity index is 852. The molecule has 1 aliphatic rings. The molecule has 0 atom stereocenters. The number of aryl methyl sites for hydroxylation is 2. The Balaban J connectivity index is 1.67. The Labute approximate surface area is 157 Å². The maximum absolute atomic E-state index is 12.3. The Morgan fingerprint density at radius 3 is 2.62 bits per heavy atom. The van der Waals surface area contributed by atoms with Gasteiger partial charge in [-0.05, 0) is 56.0 Å². The third-order valence-electron chi connectivity index (χ3n) is 4.56. The number of carbonyl (C=O) groups excluding carboxylic acids is 2. The topological polar surface area (TPSA) is 61.8 Å². The molecular weight excluding hydrogens is 346 g/mol. The van der Waals surface area contributed by atoms with E-state index in [0.29, 0.717) is 11.3 Å². The quantitative estimate of drug-likeness (QED) is 0.642. The third-order valence-corrected chi connectivity index (χ3v) is 5.94. The van der Waals surface area contributed by atoms with Crippen molar-refractivity contribution < 1.29 is 9.59 Å². The summed E-state index contributed by atoms with van der Waals surface area (Å²) in [4.78, 5) is 27.8. The van der Waals surface area contributed by atoms with Crippen LogP contribution in [0.1, 0.15) is 52.4 Å². The van der Waals surface area contributed by atoms with Crippen molar-refractivity contribution in [2.24, 2.45) is 5.10 Å². The second-order valence-corrected chi connectivity index (χ2v) is 7.54. The minimum Gasteiger partial charge on any atom is -0.312 e. The van der Waals surface area contributed by atoms with Crippen LogP contribution >= 0.6 is 11.3 Å². The smallest absolute Gasteiger partial charge is 0.281 e. The molecule has 0 unspecified atom stereocenters. The molecule has 0 aliphatic carbocycles. The highest BCUT2D eigenvalue weighted by atomic mass is 32.1. The Morgan fingerprint density at radius 1 is 1.31 bits per heavy atom. The van der Waals surface area contributed by atoms with E-state index >= 15 is 0 Å². The van der Waals surface area contributed by atoms with Crippen LogP contribution in [0.3, 0.4) is 0 Å². The van der Waals surface area contributed by atoms with E-state index < -0.39 is 0 Å². The van der Waals surface area contributed by atoms with Crippen molar-refractivity contribution in [1.82, 2.24) is 5.43 Å². The number of hydrazone groups is 1. The number of nitrogens with one attached hydrogen (secondary N) is 1. The van der Waals surface area contributed by atoms with Crippen LogP contribution in [0.4, 0.5) is 5.69 Å². The van der Waals surface area contributed by atoms with E-state index in [4.69, 9.17) is 0 Å². The summed E-state index contributed by atoms with van der Waals surface area (Å²) in [6, 6.07) is 9.61. The van der Waals surface area contributed by atoms with E-state index in [-0.39, 0.29) is 11.8 Å². The normalized spacial score (nSPS) is 14.8. The second-order valence-electron chi connectivity index (χ2n) is 6.40. The number of benzene rings is 1. The molecule has 1 fully saturated rings. The van der Waals surface area contributed by atoms with Gasteiger partial charge in [0.2, 0.25) is 5.91 Å². The van der Waals surface area contributed by atoms with Gasteiger partial charge in [0.25, 0.3) is 5.91 Å². The number of hydrogen-bond donors (Lipinski definition) is 1. The highest BCUT2D eigenvalue weighted by Crippen LogP contribution is 2.23. The SMILES string of the molecule is CCc1sc(C(=O)N/N=C(/C)c2ccc(N3CCCC3=O)cc2)cc1C. The lowest BCUT2D eigenvalue weighted by Gasteiger charge is -2.15. The predicted molar refractivity (Wildman–Crippen MR) is 106 cm³/mol. The van der Waals surface area contributed by atoms with Crippen molar-refractivity contribution >= 4 is 34.6 Å². The maximum Gasteiger partial charge on any atom is 0.281 e. The first-order valence-corrected chi connectivity index (χ1v) is 9.66. The molecular formula is C20H23N3O2S. The van der Waals surface area contributed by atoms with Gasteiger partial charge in [-0.25, -0.2) is 5.43 Å². The Morgan fingerprint density at radius 2 is 2.04 bits per heavy atom. The zero-order valence-corrected chi connectivity index (χ0v) is 16.2. The van der Waals surface area contributed by atoms with Crippen LogP contribution in [-0.2, 0) is 11.2 Å². The molecule has 1 saturated heterocycles. The van der Waals surface area contributed by atoms with Crippen molar-refractivity contribution in [1.29, 1.82) is 0 Å². The summed E-state index contributed by atoms with van der Waals surface area (Å²) in [6.45, 7) is 6.74. The van der Waals surface area contributed by atoms with Crippen LogP contribution in [0.2, 0.25) is 0 Å². The number of rotatable bonds is 5. The van der Waals surface area contributed by atoms with Crippen LogP contribution in [0.15, 0.2) is 35.4 Å². The number of thiophene rings is 1. The summed E-state index contributed by atoms with van der Waals surface area (Å²) in [5.74, 6) is -0.00970. The molecule has 6 heteroatoms. The Kier molecular flexibility index (Phi) is 5.52. The van der Waals surface area contributed by atoms with Gasteiger partial charge in [0, 0.05) is 23.5 Å². The zero-order valence-electron chi connectivity index (χ0n) is 15.3. The summed E-state index contributed by atoms with van der Waals surface area (Å²) in [5, 5.41) is 4.22. The van der Waals surface area contributed by atoms with Gasteiger partial charge >= 0.3 is 0 Å². The van der Waals surface area contributed by atoms with E-state index in [1.807, 2.05) is 49.1 Å². The van der Waals surface area contributed by atoms with Crippen LogP contribution in [0.25, 0.3) is 0 Å². The van der Waals surface area contributed by atoms with Gasteiger partial charge in [0.15, 0.2) is 0 Å². The minimum atomic E-state index is -0.184. The fraction of sp³-hybridized carbons (Fsp3) is 0.350. The summed E-state index contributed by atoms with van der Waals surface area (Å²) < 4.78 is 0. The zero-order chi connectivity index (χ0) is 18.7. The van der Waals surface area contributed by atoms with Crippen LogP contribution in [0, 0.1) is 6.92 Å². The lowest BCUT2D eigenvalue weighted by Crippen LogP contribution is -2.23. The summed E-state index contributed by atoms with van der Waals surface area (Å²) in [5.41, 5.74) is 6.33. The standard InChI is InChI=1S/C20H23N3O2S/c1-4-17-13(2)12-18(26-17)20(25)22-21-14(3)15-7-9-16(10-8-15)23-11-5-6-19(23)24/h7-10,12H,4-6,11H2,1-3H3,(H,22,25)/b21-14-. The summed E-state index contributed by atoms with van der Waals surface area (Å²) >= 11 is 1.51. The van der Waals surface area contributed by atoms with Gasteiger partial charge in [-0.1, -0.05) is 19.1 Å². The molecule has 0 bridgehead atoms. The minimum absolute atomic E-state index is 0.174. The molecule has 2 heterocycles. The second kappa shape index (κ2) is 7.83. The molecule has 3 rings (SSSR count). The van der Waals surface area contributed by atoms with Crippen molar-refractivity contribution in [2.75, 3.05) is 11.4 Å². The van der Waals surface area contributed by atoms with Crippen molar-refractivity contribution in [2.45, 2.75) is 40.0 Å². The van der Waals surface area contributed by atoms with Gasteiger partial charge in [0.1, 0.15) is 0 Å². The average Bonchev–Trinajstić information content (AvgIpc) is 3.24. The van der Waals surface area contributed by atoms with Gasteiger partial charge in [-0.2, -0.15) is 5.10 Å². The average molecular weight is 369 g/mol. The molecule has 5 nitrogen and oxygen atoms in total. The van der Waals surface area contributed by atoms with Gasteiger partial charge < -0.3 is 4.90 Å². The lowest BCUT2D eigenvalue weighted by atomic mass is 10.1. The lowest BCUT2D eigenvalue weighted by molar-refractivity contribution is -0.117. The highest BCUT2D eigenvalue weighted by molar-refractivity contribution is 7.14. The first-order chi connectivity index (χ1) is 12.5. The van der Waals surface area contributed by atoms with Crippen LogP contribution in [0.5, 0.6) is 0 Å². The number of anilines is 1. The molecule has 0 saturated carbocycles. The summed E-state index contributed by atoms with van der Waals surface area (Å²) in [6.07, 6.45) is 2.46. The predicted octanol–water partition coefficient (Wildman–Crippen LogP) is 3.90. The number of nitrogens with zero attached hydrogens (tertiary/aromatic N) is 2. The largest absolute Gasteiger partial charge is 0.312 e. The van der Waals surface area contributed by atoms with Crippen molar-refractivity contribution in [3.63, 3.8) is 0 Å². The molecule has 2 aromatic rings. The van der Waals surface area contributed by atoms with E-state index in [0.717, 1.165) is 41.9 Å². The van der Waals surface area contributed by atoms with Crippen LogP contribution < -0.4 is 10.3 Å². The van der Waals surface area contributed by atoms with E-state index in [1.165, 1.54) is 16.2 Å². The van der Waals surface area contributed by atoms with Gasteiger partial charge in [-0.3, -0.25) is 9.59 Å². The molecule has 26 heavy (non-hydrogen) atoms. The first kappa shape index (κ1) is 18.3. The van der Waals surface area contributed by atoms with Crippen molar-refractivity contribution in [3.05, 3.63) is 51.2 Å². The molecule has 0 spiro atoms. The molecule has 2 amide bonds. The van der Waals surface area contributed by atoms with Gasteiger partial charge in [-0.15, -0.1) is 11.3 Å². The molecule has 1 N–H and O–H groups in total. The molecule has 1 aromatic carbocycles. The van der Waals surface area contributed by atoms with Gasteiger partial charge in [0.05, 0.1) is 10.6 Å². The molecule has 1 aliphatic heterocycles. The number of carbonyl (C=O) groups is 2. The fourth-order valence-electron chi connectivity index (χ4n) is 3.04. The summed E-state index contributed by atoms with van der Waals surface area (Å²) in [7, 11) is 0. The molecule has 1 aromatic heterocycles. The monoisotopic (exact) mass is 369 g/mol. The van der Waals surface area contributed by atoms with E-state index in [9.17, 15) is 9.59 Å². The first-order valence-electron chi connectivity index (χ1n) is 8.84. The maximum atomic E-state index is 12.3. The fourth-order valence-corrected chi connectivity index (χ4v) is 4.04.